The maximum absolute atomic E-state index is 3.72. The van der Waals surface area contributed by atoms with Crippen LogP contribution >= 0.6 is 0 Å². The van der Waals surface area contributed by atoms with Crippen LogP contribution < -0.4 is 0 Å². The zero-order chi connectivity index (χ0) is 12.2. The lowest BCUT2D eigenvalue weighted by molar-refractivity contribution is 0.463. The predicted octanol–water partition coefficient (Wildman–Crippen LogP) is 5.11. The van der Waals surface area contributed by atoms with Gasteiger partial charge in [0.15, 0.2) is 0 Å². The highest BCUT2D eigenvalue weighted by Gasteiger charge is 2.34. The monoisotopic (exact) mass is 259 g/mol. The van der Waals surface area contributed by atoms with Crippen LogP contribution in [0.1, 0.15) is 70.6 Å². The Morgan fingerprint density at radius 1 is 0.833 bits per heavy atom. The van der Waals surface area contributed by atoms with E-state index in [1.165, 1.54) is 38.5 Å². The molecule has 0 aromatic rings. The average Bonchev–Trinajstić information content (AvgIpc) is 2.95. The molecular weight excluding hydrogens is 232 g/mol. The van der Waals surface area contributed by atoms with Gasteiger partial charge in [0.1, 0.15) is 0 Å². The van der Waals surface area contributed by atoms with Gasteiger partial charge in [0.25, 0.3) is 0 Å². The zero-order valence-electron chi connectivity index (χ0n) is 11.7. The molecule has 3 aliphatic rings. The summed E-state index contributed by atoms with van der Waals surface area (Å²) in [5, 5.41) is 1.73. The Morgan fingerprint density at radius 2 is 1.39 bits per heavy atom. The molecule has 0 nitrogen and oxygen atoms in total. The summed E-state index contributed by atoms with van der Waals surface area (Å²) < 4.78 is 0. The van der Waals surface area contributed by atoms with Crippen LogP contribution in [-0.4, -0.2) is 8.80 Å². The first-order valence-electron chi connectivity index (χ1n) is 8.22. The molecule has 3 rings (SSSR count). The standard InChI is InChI=1S/C17H27Si/c1-3-9-15(10-4-1)18(17-13-7-8-14-17)16-11-5-2-6-12-16/h7,13,15-16,18H,1-6,8-12H2. The van der Waals surface area contributed by atoms with Gasteiger partial charge in [0.2, 0.25) is 0 Å². The van der Waals surface area contributed by atoms with E-state index < -0.39 is 8.80 Å². The number of hydrogen-bond donors (Lipinski definition) is 0. The van der Waals surface area contributed by atoms with Crippen LogP contribution in [0, 0.1) is 6.08 Å². The minimum Gasteiger partial charge on any atom is -0.0802 e. The van der Waals surface area contributed by atoms with Crippen molar-refractivity contribution in [1.29, 1.82) is 0 Å². The van der Waals surface area contributed by atoms with Gasteiger partial charge in [0.05, 0.1) is 8.80 Å². The van der Waals surface area contributed by atoms with E-state index in [1.807, 2.05) is 0 Å². The van der Waals surface area contributed by atoms with Crippen molar-refractivity contribution in [2.75, 3.05) is 0 Å². The lowest BCUT2D eigenvalue weighted by Crippen LogP contribution is -2.31. The summed E-state index contributed by atoms with van der Waals surface area (Å²) in [5.41, 5.74) is 2.24. The molecule has 1 radical (unpaired) electrons. The third kappa shape index (κ3) is 2.82. The number of hydrogen-bond acceptors (Lipinski definition) is 0. The minimum atomic E-state index is -0.730. The van der Waals surface area contributed by atoms with Crippen LogP contribution in [0.5, 0.6) is 0 Å². The SMILES string of the molecule is [C]1=C([SiH](C2CCCCC2)C2CCCCC2)C=CC1. The van der Waals surface area contributed by atoms with Crippen LogP contribution in [0.2, 0.25) is 11.1 Å². The number of allylic oxidation sites excluding steroid dienone is 4. The fourth-order valence-electron chi connectivity index (χ4n) is 4.53. The summed E-state index contributed by atoms with van der Waals surface area (Å²) in [7, 11) is -0.730. The Labute approximate surface area is 114 Å². The largest absolute Gasteiger partial charge is 0.0802 e. The van der Waals surface area contributed by atoms with Crippen LogP contribution in [-0.2, 0) is 0 Å². The quantitative estimate of drug-likeness (QED) is 0.618. The van der Waals surface area contributed by atoms with E-state index in [0.29, 0.717) is 0 Å². The second-order valence-electron chi connectivity index (χ2n) is 6.56. The maximum Gasteiger partial charge on any atom is 0.0773 e. The summed E-state index contributed by atoms with van der Waals surface area (Å²) in [5.74, 6) is 0. The molecule has 3 aliphatic carbocycles. The van der Waals surface area contributed by atoms with Gasteiger partial charge < -0.3 is 0 Å². The molecule has 1 heteroatoms. The Hall–Kier alpha value is -0.303. The topological polar surface area (TPSA) is 0 Å². The van der Waals surface area contributed by atoms with E-state index in [2.05, 4.69) is 18.2 Å². The van der Waals surface area contributed by atoms with Crippen molar-refractivity contribution in [2.24, 2.45) is 0 Å². The maximum atomic E-state index is 3.72. The van der Waals surface area contributed by atoms with Gasteiger partial charge in [0, 0.05) is 0 Å². The average molecular weight is 259 g/mol. The molecule has 0 saturated heterocycles. The van der Waals surface area contributed by atoms with Crippen molar-refractivity contribution in [2.45, 2.75) is 81.7 Å². The highest BCUT2D eigenvalue weighted by molar-refractivity contribution is 6.70. The van der Waals surface area contributed by atoms with Crippen LogP contribution in [0.25, 0.3) is 0 Å². The van der Waals surface area contributed by atoms with Crippen molar-refractivity contribution >= 4 is 8.80 Å². The first-order valence-corrected chi connectivity index (χ1v) is 10.1. The zero-order valence-corrected chi connectivity index (χ0v) is 12.8. The second-order valence-corrected chi connectivity index (χ2v) is 10.1. The molecule has 99 valence electrons. The summed E-state index contributed by atoms with van der Waals surface area (Å²) in [6, 6.07) is 0. The fourth-order valence-corrected chi connectivity index (χ4v) is 9.41. The molecule has 2 fully saturated rings. The first-order chi connectivity index (χ1) is 8.95. The summed E-state index contributed by atoms with van der Waals surface area (Å²) in [6.45, 7) is 0. The normalized spacial score (nSPS) is 26.8. The minimum absolute atomic E-state index is 0.730. The lowest BCUT2D eigenvalue weighted by atomic mass is 9.99. The van der Waals surface area contributed by atoms with Crippen molar-refractivity contribution in [1.82, 2.24) is 0 Å². The van der Waals surface area contributed by atoms with E-state index in [4.69, 9.17) is 0 Å². The van der Waals surface area contributed by atoms with E-state index in [9.17, 15) is 0 Å². The number of rotatable bonds is 3. The van der Waals surface area contributed by atoms with Crippen molar-refractivity contribution in [3.63, 3.8) is 0 Å². The third-order valence-electron chi connectivity index (χ3n) is 5.40. The molecule has 0 N–H and O–H groups in total. The molecule has 0 aromatic heterocycles. The van der Waals surface area contributed by atoms with E-state index in [-0.39, 0.29) is 0 Å². The van der Waals surface area contributed by atoms with E-state index in [0.717, 1.165) is 17.5 Å². The van der Waals surface area contributed by atoms with Gasteiger partial charge in [-0.25, -0.2) is 0 Å². The van der Waals surface area contributed by atoms with Crippen molar-refractivity contribution in [3.05, 3.63) is 23.4 Å². The molecule has 18 heavy (non-hydrogen) atoms. The summed E-state index contributed by atoms with van der Waals surface area (Å²) in [6.07, 6.45) is 24.9. The molecule has 0 atom stereocenters. The molecule has 0 aromatic carbocycles. The fraction of sp³-hybridized carbons (Fsp3) is 0.765. The summed E-state index contributed by atoms with van der Waals surface area (Å²) in [4.78, 5) is 0. The molecule has 0 bridgehead atoms. The molecule has 0 spiro atoms. The Balaban J connectivity index is 1.75. The first kappa shape index (κ1) is 12.7. The van der Waals surface area contributed by atoms with Gasteiger partial charge in [-0.3, -0.25) is 0 Å². The van der Waals surface area contributed by atoms with Crippen LogP contribution in [0.4, 0.5) is 0 Å². The predicted molar refractivity (Wildman–Crippen MR) is 81.3 cm³/mol. The summed E-state index contributed by atoms with van der Waals surface area (Å²) >= 11 is 0. The van der Waals surface area contributed by atoms with Crippen molar-refractivity contribution in [3.8, 4) is 0 Å². The molecule has 0 amide bonds. The van der Waals surface area contributed by atoms with Gasteiger partial charge in [-0.15, -0.1) is 0 Å². The van der Waals surface area contributed by atoms with Crippen LogP contribution in [0.3, 0.4) is 0 Å². The van der Waals surface area contributed by atoms with Crippen LogP contribution in [0.15, 0.2) is 17.3 Å². The molecule has 0 unspecified atom stereocenters. The Morgan fingerprint density at radius 3 is 1.83 bits per heavy atom. The van der Waals surface area contributed by atoms with Gasteiger partial charge >= 0.3 is 0 Å². The third-order valence-corrected chi connectivity index (χ3v) is 9.88. The Bertz CT molecular complexity index is 299. The lowest BCUT2D eigenvalue weighted by Gasteiger charge is -2.37. The molecule has 0 heterocycles. The molecule has 0 aliphatic heterocycles. The van der Waals surface area contributed by atoms with E-state index in [1.54, 1.807) is 30.9 Å². The smallest absolute Gasteiger partial charge is 0.0773 e. The van der Waals surface area contributed by atoms with Gasteiger partial charge in [-0.2, -0.15) is 0 Å². The van der Waals surface area contributed by atoms with E-state index >= 15 is 0 Å². The molecule has 2 saturated carbocycles. The second kappa shape index (κ2) is 6.23. The van der Waals surface area contributed by atoms with Gasteiger partial charge in [-0.05, 0) is 23.6 Å². The highest BCUT2D eigenvalue weighted by atomic mass is 28.3. The van der Waals surface area contributed by atoms with Gasteiger partial charge in [-0.1, -0.05) is 81.6 Å². The van der Waals surface area contributed by atoms with Crippen molar-refractivity contribution < 1.29 is 0 Å². The highest BCUT2D eigenvalue weighted by Crippen LogP contribution is 2.44. The Kier molecular flexibility index (Phi) is 4.40. The molecular formula is C17H27Si.